The van der Waals surface area contributed by atoms with Crippen molar-refractivity contribution in [3.05, 3.63) is 89.2 Å². The molecule has 1 N–H and O–H groups in total. The van der Waals surface area contributed by atoms with Gasteiger partial charge in [-0.25, -0.2) is 4.39 Å². The first-order valence-corrected chi connectivity index (χ1v) is 11.1. The van der Waals surface area contributed by atoms with Crippen molar-refractivity contribution in [3.8, 4) is 17.2 Å². The number of carbonyl (C=O) groups excluding carboxylic acids is 1. The predicted octanol–water partition coefficient (Wildman–Crippen LogP) is 4.38. The van der Waals surface area contributed by atoms with E-state index in [0.29, 0.717) is 17.7 Å². The second kappa shape index (κ2) is 8.34. The molecule has 166 valence electrons. The Balaban J connectivity index is 1.59. The number of nitrogens with zero attached hydrogens (tertiary/aromatic N) is 3. The average molecular weight is 442 g/mol. The molecule has 0 bridgehead atoms. The third kappa shape index (κ3) is 3.55. The number of aliphatic hydroxyl groups excluding tert-OH is 1. The van der Waals surface area contributed by atoms with Crippen LogP contribution in [0.4, 0.5) is 10.1 Å². The first-order valence-electron chi connectivity index (χ1n) is 11.1. The third-order valence-electron chi connectivity index (χ3n) is 7.03. The molecule has 0 unspecified atom stereocenters. The number of anilines is 1. The largest absolute Gasteiger partial charge is 0.394 e. The topological polar surface area (TPSA) is 67.6 Å². The van der Waals surface area contributed by atoms with Crippen LogP contribution in [0.2, 0.25) is 0 Å². The first-order chi connectivity index (χ1) is 16.0. The monoisotopic (exact) mass is 441 g/mol. The van der Waals surface area contributed by atoms with Gasteiger partial charge in [0.2, 0.25) is 0 Å². The van der Waals surface area contributed by atoms with Gasteiger partial charge in [0.1, 0.15) is 5.82 Å². The van der Waals surface area contributed by atoms with Crippen LogP contribution in [0.25, 0.3) is 11.1 Å². The Hall–Kier alpha value is -3.69. The lowest BCUT2D eigenvalue weighted by Gasteiger charge is -2.44. The van der Waals surface area contributed by atoms with Crippen LogP contribution in [0.15, 0.2) is 66.7 Å². The zero-order chi connectivity index (χ0) is 23.1. The number of likely N-dealkylation sites (tertiary alicyclic amines) is 1. The van der Waals surface area contributed by atoms with Crippen molar-refractivity contribution in [2.75, 3.05) is 25.1 Å². The molecule has 6 heteroatoms. The van der Waals surface area contributed by atoms with Crippen LogP contribution in [-0.2, 0) is 0 Å². The molecule has 3 aromatic carbocycles. The van der Waals surface area contributed by atoms with E-state index in [1.165, 1.54) is 12.1 Å². The number of carbonyl (C=O) groups is 1. The van der Waals surface area contributed by atoms with Gasteiger partial charge in [-0.3, -0.25) is 4.79 Å². The van der Waals surface area contributed by atoms with Crippen molar-refractivity contribution < 1.29 is 14.3 Å². The van der Waals surface area contributed by atoms with Gasteiger partial charge in [0, 0.05) is 30.8 Å². The molecule has 0 aromatic heterocycles. The number of benzene rings is 3. The van der Waals surface area contributed by atoms with Crippen molar-refractivity contribution in [1.82, 2.24) is 4.90 Å². The average Bonchev–Trinajstić information content (AvgIpc) is 3.29. The summed E-state index contributed by atoms with van der Waals surface area (Å²) in [5.74, 6) is -0.559. The molecule has 0 radical (unpaired) electrons. The van der Waals surface area contributed by atoms with E-state index in [1.807, 2.05) is 36.2 Å². The number of likely N-dealkylation sites (N-methyl/N-ethyl adjacent to an activating group) is 1. The molecule has 33 heavy (non-hydrogen) atoms. The van der Waals surface area contributed by atoms with Gasteiger partial charge in [-0.1, -0.05) is 24.3 Å². The summed E-state index contributed by atoms with van der Waals surface area (Å²) in [6.07, 6.45) is 0.766. The minimum absolute atomic E-state index is 0.00350. The number of fused-ring (bicyclic) bond motifs is 3. The highest BCUT2D eigenvalue weighted by Gasteiger charge is 2.47. The predicted molar refractivity (Wildman–Crippen MR) is 124 cm³/mol. The Bertz CT molecular complexity index is 1250. The molecule has 3 aromatic rings. The summed E-state index contributed by atoms with van der Waals surface area (Å²) in [5, 5.41) is 19.3. The van der Waals surface area contributed by atoms with Gasteiger partial charge >= 0.3 is 0 Å². The number of hydrogen-bond donors (Lipinski definition) is 1. The zero-order valence-electron chi connectivity index (χ0n) is 18.3. The van der Waals surface area contributed by atoms with Crippen LogP contribution in [0.1, 0.15) is 33.9 Å². The number of nitriles is 1. The van der Waals surface area contributed by atoms with Crippen LogP contribution >= 0.6 is 0 Å². The summed E-state index contributed by atoms with van der Waals surface area (Å²) in [6.45, 7) is 0.548. The molecule has 1 amide bonds. The maximum Gasteiger partial charge on any atom is 0.254 e. The quantitative estimate of drug-likeness (QED) is 0.655. The Morgan fingerprint density at radius 3 is 2.58 bits per heavy atom. The molecular formula is C27H24FN3O2. The molecule has 0 aliphatic carbocycles. The molecule has 5 rings (SSSR count). The minimum atomic E-state index is -0.434. The lowest BCUT2D eigenvalue weighted by molar-refractivity contribution is 0.0693. The highest BCUT2D eigenvalue weighted by atomic mass is 19.1. The number of rotatable bonds is 3. The zero-order valence-corrected chi connectivity index (χ0v) is 18.3. The molecule has 2 aliphatic rings. The van der Waals surface area contributed by atoms with Gasteiger partial charge < -0.3 is 14.9 Å². The lowest BCUT2D eigenvalue weighted by Crippen LogP contribution is -2.48. The van der Waals surface area contributed by atoms with Crippen molar-refractivity contribution in [1.29, 1.82) is 5.26 Å². The maximum atomic E-state index is 13.8. The smallest absolute Gasteiger partial charge is 0.254 e. The van der Waals surface area contributed by atoms with E-state index in [0.717, 1.165) is 28.8 Å². The van der Waals surface area contributed by atoms with E-state index in [2.05, 4.69) is 17.0 Å². The van der Waals surface area contributed by atoms with Crippen LogP contribution in [0.3, 0.4) is 0 Å². The van der Waals surface area contributed by atoms with Gasteiger partial charge in [0.25, 0.3) is 5.91 Å². The summed E-state index contributed by atoms with van der Waals surface area (Å²) in [6, 6.07) is 21.2. The Kier molecular flexibility index (Phi) is 5.35. The fourth-order valence-corrected chi connectivity index (χ4v) is 5.39. The second-order valence-electron chi connectivity index (χ2n) is 8.73. The van der Waals surface area contributed by atoms with Crippen LogP contribution in [-0.4, -0.2) is 42.2 Å². The molecule has 1 saturated heterocycles. The number of amides is 1. The summed E-state index contributed by atoms with van der Waals surface area (Å²) in [4.78, 5) is 17.4. The van der Waals surface area contributed by atoms with Gasteiger partial charge in [0.05, 0.1) is 30.3 Å². The third-order valence-corrected chi connectivity index (χ3v) is 7.03. The van der Waals surface area contributed by atoms with Gasteiger partial charge in [-0.2, -0.15) is 5.26 Å². The molecule has 3 atom stereocenters. The normalized spacial score (nSPS) is 21.3. The highest BCUT2D eigenvalue weighted by Crippen LogP contribution is 2.49. The fraction of sp³-hybridized carbons (Fsp3) is 0.259. The minimum Gasteiger partial charge on any atom is -0.394 e. The summed E-state index contributed by atoms with van der Waals surface area (Å²) in [5.41, 5.74) is 4.92. The van der Waals surface area contributed by atoms with E-state index < -0.39 is 5.82 Å². The molecular weight excluding hydrogens is 417 g/mol. The lowest BCUT2D eigenvalue weighted by atomic mass is 9.81. The van der Waals surface area contributed by atoms with E-state index in [9.17, 15) is 14.3 Å². The number of halogens is 1. The highest BCUT2D eigenvalue weighted by molar-refractivity contribution is 5.95. The van der Waals surface area contributed by atoms with Crippen LogP contribution in [0, 0.1) is 23.1 Å². The van der Waals surface area contributed by atoms with Crippen molar-refractivity contribution in [2.24, 2.45) is 5.92 Å². The Labute approximate surface area is 192 Å². The molecule has 2 aliphatic heterocycles. The molecule has 1 fully saturated rings. The van der Waals surface area contributed by atoms with E-state index in [-0.39, 0.29) is 30.5 Å². The van der Waals surface area contributed by atoms with Crippen molar-refractivity contribution in [3.63, 3.8) is 0 Å². The molecule has 5 nitrogen and oxygen atoms in total. The second-order valence-corrected chi connectivity index (χ2v) is 8.73. The van der Waals surface area contributed by atoms with Crippen LogP contribution in [0.5, 0.6) is 0 Å². The SMILES string of the molecule is CN1c2ccc(-c3ccc(C#N)cc3)cc2[C@@H]2[C@@H](CCN2C(=O)c2cccc(F)c2)[C@H]1CO. The van der Waals surface area contributed by atoms with E-state index in [4.69, 9.17) is 5.26 Å². The number of hydrogen-bond acceptors (Lipinski definition) is 4. The van der Waals surface area contributed by atoms with E-state index in [1.54, 1.807) is 24.3 Å². The number of aliphatic hydroxyl groups is 1. The summed E-state index contributed by atoms with van der Waals surface area (Å²) < 4.78 is 13.8. The molecule has 0 saturated carbocycles. The van der Waals surface area contributed by atoms with Gasteiger partial charge in [-0.05, 0) is 65.6 Å². The van der Waals surface area contributed by atoms with Gasteiger partial charge in [-0.15, -0.1) is 0 Å². The molecule has 0 spiro atoms. The summed E-state index contributed by atoms with van der Waals surface area (Å²) in [7, 11) is 1.98. The first kappa shape index (κ1) is 21.2. The molecule has 2 heterocycles. The van der Waals surface area contributed by atoms with Gasteiger partial charge in [0.15, 0.2) is 0 Å². The van der Waals surface area contributed by atoms with E-state index >= 15 is 0 Å². The standard InChI is InChI=1S/C27H24FN3O2/c1-30-24-10-9-19(18-7-5-17(15-29)6-8-18)14-23(24)26-22(25(30)16-32)11-12-31(26)27(33)20-3-2-4-21(28)13-20/h2-10,13-14,22,25-26,32H,11-12,16H2,1H3/t22-,25+,26-/m0/s1. The Morgan fingerprint density at radius 1 is 1.12 bits per heavy atom. The maximum absolute atomic E-state index is 13.8. The van der Waals surface area contributed by atoms with Crippen LogP contribution < -0.4 is 4.90 Å². The Morgan fingerprint density at radius 2 is 1.88 bits per heavy atom. The fourth-order valence-electron chi connectivity index (χ4n) is 5.39. The van der Waals surface area contributed by atoms with Crippen molar-refractivity contribution >= 4 is 11.6 Å². The summed E-state index contributed by atoms with van der Waals surface area (Å²) >= 11 is 0. The van der Waals surface area contributed by atoms with Crippen molar-refractivity contribution in [2.45, 2.75) is 18.5 Å².